The van der Waals surface area contributed by atoms with E-state index in [-0.39, 0.29) is 18.4 Å². The molecule has 183 valence electrons. The van der Waals surface area contributed by atoms with Crippen molar-refractivity contribution in [3.63, 3.8) is 0 Å². The summed E-state index contributed by atoms with van der Waals surface area (Å²) in [6, 6.07) is 2.74. The normalized spacial score (nSPS) is 20.1. The molecule has 0 bridgehead atoms. The van der Waals surface area contributed by atoms with Gasteiger partial charge in [0.15, 0.2) is 7.28 Å². The van der Waals surface area contributed by atoms with Gasteiger partial charge < -0.3 is 25.0 Å². The molecule has 1 atom stereocenters. The molecule has 3 aliphatic heterocycles. The smallest absolute Gasteiger partial charge is 0.256 e. The number of aliphatic hydroxyl groups is 1. The molecule has 1 aromatic heterocycles. The van der Waals surface area contributed by atoms with Crippen LogP contribution in [0.1, 0.15) is 32.9 Å². The predicted octanol–water partition coefficient (Wildman–Crippen LogP) is 1.02. The third-order valence-electron chi connectivity index (χ3n) is 7.01. The first kappa shape index (κ1) is 23.8. The number of carbonyl (C=O) groups excluding carboxylic acids is 2. The van der Waals surface area contributed by atoms with Crippen molar-refractivity contribution in [1.29, 1.82) is 0 Å². The van der Waals surface area contributed by atoms with Crippen LogP contribution >= 0.6 is 0 Å². The number of aliphatic hydroxyl groups excluding tert-OH is 1. The molecule has 1 radical (unpaired) electrons. The number of ether oxygens (including phenoxy) is 1. The van der Waals surface area contributed by atoms with Crippen molar-refractivity contribution in [2.24, 2.45) is 0 Å². The maximum Gasteiger partial charge on any atom is 0.256 e. The zero-order valence-electron chi connectivity index (χ0n) is 20.0. The minimum Gasteiger partial charge on any atom is -0.390 e. The van der Waals surface area contributed by atoms with Gasteiger partial charge in [0.05, 0.1) is 30.5 Å². The Morgan fingerprint density at radius 1 is 1.23 bits per heavy atom. The average Bonchev–Trinajstić information content (AvgIpc) is 3.32. The van der Waals surface area contributed by atoms with Crippen molar-refractivity contribution in [3.8, 4) is 0 Å². The Morgan fingerprint density at radius 3 is 2.74 bits per heavy atom. The molecule has 5 rings (SSSR count). The van der Waals surface area contributed by atoms with Crippen molar-refractivity contribution < 1.29 is 23.8 Å². The number of carbonyl (C=O) groups is 2. The summed E-state index contributed by atoms with van der Waals surface area (Å²) in [5, 5.41) is 13.4. The highest BCUT2D eigenvalue weighted by Crippen LogP contribution is 2.34. The fourth-order valence-corrected chi connectivity index (χ4v) is 5.17. The fourth-order valence-electron chi connectivity index (χ4n) is 5.17. The number of nitrogens with one attached hydrogen (secondary N) is 2. The molecule has 8 nitrogen and oxygen atoms in total. The SMILES string of the molecule is C[B]c1cc(F)cc2c1NC(=O)/C2=C\c1[nH]c2c(c1C)C(=O)N(C[C@@H](O)CN1CCOCC1)CC2. The van der Waals surface area contributed by atoms with E-state index in [9.17, 15) is 19.1 Å². The van der Waals surface area contributed by atoms with Gasteiger partial charge in [-0.3, -0.25) is 14.5 Å². The number of rotatable bonds is 6. The summed E-state index contributed by atoms with van der Waals surface area (Å²) in [6.45, 7) is 7.80. The van der Waals surface area contributed by atoms with Gasteiger partial charge in [-0.15, -0.1) is 0 Å². The largest absolute Gasteiger partial charge is 0.390 e. The number of aromatic amines is 1. The molecular formula is C25H29BFN4O4. The standard InChI is InChI=1S/C25H29BFN4O4/c1-14-21(11-18-17-9-15(27)10-19(26-2)23(17)29-24(18)33)28-20-3-4-31(25(34)22(14)20)13-16(32)12-30-5-7-35-8-6-30/h9-11,16,28,32H,3-8,12-13H2,1-2H3,(H,29,33)/b18-11-/t16-/m0/s1. The number of benzene rings is 1. The first-order chi connectivity index (χ1) is 16.9. The Hall–Kier alpha value is -2.95. The van der Waals surface area contributed by atoms with Crippen LogP contribution in [0.15, 0.2) is 12.1 Å². The molecular weight excluding hydrogens is 450 g/mol. The van der Waals surface area contributed by atoms with E-state index >= 15 is 0 Å². The van der Waals surface area contributed by atoms with Gasteiger partial charge in [-0.05, 0) is 30.7 Å². The number of anilines is 1. The minimum absolute atomic E-state index is 0.129. The highest BCUT2D eigenvalue weighted by molar-refractivity contribution is 6.56. The van der Waals surface area contributed by atoms with E-state index in [4.69, 9.17) is 4.74 Å². The number of aromatic nitrogens is 1. The van der Waals surface area contributed by atoms with Crippen molar-refractivity contribution in [3.05, 3.63) is 46.0 Å². The number of halogens is 1. The summed E-state index contributed by atoms with van der Waals surface area (Å²) < 4.78 is 19.5. The zero-order chi connectivity index (χ0) is 24.7. The van der Waals surface area contributed by atoms with Crippen LogP contribution in [0, 0.1) is 12.7 Å². The molecule has 1 fully saturated rings. The second kappa shape index (κ2) is 9.60. The van der Waals surface area contributed by atoms with E-state index in [1.165, 1.54) is 12.1 Å². The second-order valence-electron chi connectivity index (χ2n) is 9.30. The van der Waals surface area contributed by atoms with Gasteiger partial charge in [-0.2, -0.15) is 0 Å². The molecule has 0 unspecified atom stereocenters. The van der Waals surface area contributed by atoms with Gasteiger partial charge in [0.1, 0.15) is 5.82 Å². The van der Waals surface area contributed by atoms with Crippen LogP contribution in [0.3, 0.4) is 0 Å². The fraction of sp³-hybridized carbons (Fsp3) is 0.440. The predicted molar refractivity (Wildman–Crippen MR) is 133 cm³/mol. The summed E-state index contributed by atoms with van der Waals surface area (Å²) in [7, 11) is 1.75. The Labute approximate surface area is 204 Å². The van der Waals surface area contributed by atoms with Crippen molar-refractivity contribution in [1.82, 2.24) is 14.8 Å². The number of fused-ring (bicyclic) bond motifs is 2. The van der Waals surface area contributed by atoms with Crippen molar-refractivity contribution in [2.75, 3.05) is 51.3 Å². The van der Waals surface area contributed by atoms with Crippen LogP contribution in [-0.4, -0.2) is 91.0 Å². The monoisotopic (exact) mass is 479 g/mol. The van der Waals surface area contributed by atoms with Gasteiger partial charge >= 0.3 is 0 Å². The van der Waals surface area contributed by atoms with E-state index in [1.54, 1.807) is 25.1 Å². The van der Waals surface area contributed by atoms with Gasteiger partial charge in [-0.25, -0.2) is 4.39 Å². The zero-order valence-corrected chi connectivity index (χ0v) is 20.0. The molecule has 10 heteroatoms. The number of H-pyrrole nitrogens is 1. The quantitative estimate of drug-likeness (QED) is 0.425. The lowest BCUT2D eigenvalue weighted by Gasteiger charge is -2.32. The Bertz CT molecular complexity index is 1200. The van der Waals surface area contributed by atoms with E-state index in [1.807, 2.05) is 6.92 Å². The molecule has 1 aromatic carbocycles. The van der Waals surface area contributed by atoms with E-state index < -0.39 is 11.9 Å². The van der Waals surface area contributed by atoms with Crippen LogP contribution in [0.5, 0.6) is 0 Å². The van der Waals surface area contributed by atoms with Crippen LogP contribution in [0.4, 0.5) is 10.1 Å². The second-order valence-corrected chi connectivity index (χ2v) is 9.30. The lowest BCUT2D eigenvalue weighted by Crippen LogP contribution is -2.47. The van der Waals surface area contributed by atoms with Gasteiger partial charge in [-0.1, -0.05) is 12.3 Å². The summed E-state index contributed by atoms with van der Waals surface area (Å²) in [6.07, 6.45) is 1.68. The minimum atomic E-state index is -0.641. The number of morpholine rings is 1. The Kier molecular flexibility index (Phi) is 6.52. The molecule has 2 aromatic rings. The molecule has 3 aliphatic rings. The Balaban J connectivity index is 1.37. The molecule has 0 aliphatic carbocycles. The number of amides is 2. The third-order valence-corrected chi connectivity index (χ3v) is 7.01. The lowest BCUT2D eigenvalue weighted by atomic mass is 9.71. The number of hydrogen-bond donors (Lipinski definition) is 3. The molecule has 35 heavy (non-hydrogen) atoms. The Morgan fingerprint density at radius 2 is 2.00 bits per heavy atom. The van der Waals surface area contributed by atoms with Crippen LogP contribution in [0.25, 0.3) is 11.6 Å². The number of nitrogens with zero attached hydrogens (tertiary/aromatic N) is 2. The van der Waals surface area contributed by atoms with E-state index in [2.05, 4.69) is 15.2 Å². The molecule has 1 saturated heterocycles. The number of hydrogen-bond acceptors (Lipinski definition) is 5. The molecule has 0 saturated carbocycles. The summed E-state index contributed by atoms with van der Waals surface area (Å²) in [5.74, 6) is -0.848. The van der Waals surface area contributed by atoms with Crippen LogP contribution in [-0.2, 0) is 16.0 Å². The summed E-state index contributed by atoms with van der Waals surface area (Å²) in [4.78, 5) is 33.2. The van der Waals surface area contributed by atoms with Crippen molar-refractivity contribution in [2.45, 2.75) is 26.3 Å². The molecule has 3 N–H and O–H groups in total. The number of β-amino-alcohol motifs (C(OH)–C–C–N with tert-alkyl or cyclic N) is 1. The van der Waals surface area contributed by atoms with Gasteiger partial charge in [0.2, 0.25) is 0 Å². The van der Waals surface area contributed by atoms with E-state index in [0.717, 1.165) is 24.3 Å². The van der Waals surface area contributed by atoms with Crippen molar-refractivity contribution >= 4 is 41.9 Å². The van der Waals surface area contributed by atoms with Gasteiger partial charge in [0, 0.05) is 61.8 Å². The van der Waals surface area contributed by atoms with Crippen LogP contribution < -0.4 is 10.8 Å². The molecule has 0 spiro atoms. The summed E-state index contributed by atoms with van der Waals surface area (Å²) >= 11 is 0. The average molecular weight is 479 g/mol. The first-order valence-electron chi connectivity index (χ1n) is 12.0. The van der Waals surface area contributed by atoms with E-state index in [0.29, 0.717) is 66.3 Å². The third kappa shape index (κ3) is 4.53. The first-order valence-corrected chi connectivity index (χ1v) is 12.0. The molecule has 2 amide bonds. The highest BCUT2D eigenvalue weighted by Gasteiger charge is 2.32. The molecule has 4 heterocycles. The highest BCUT2D eigenvalue weighted by atomic mass is 19.1. The topological polar surface area (TPSA) is 97.9 Å². The lowest BCUT2D eigenvalue weighted by molar-refractivity contribution is -0.110. The van der Waals surface area contributed by atoms with Gasteiger partial charge in [0.25, 0.3) is 11.8 Å². The van der Waals surface area contributed by atoms with Crippen LogP contribution in [0.2, 0.25) is 6.82 Å². The maximum atomic E-state index is 14.2. The summed E-state index contributed by atoms with van der Waals surface area (Å²) in [5.41, 5.74) is 4.88. The maximum absolute atomic E-state index is 14.2.